The summed E-state index contributed by atoms with van der Waals surface area (Å²) >= 11 is 0. The van der Waals surface area contributed by atoms with E-state index in [-0.39, 0.29) is 41.2 Å². The average Bonchev–Trinajstić information content (AvgIpc) is 1.90. The number of nitrogens with zero attached hydrogens (tertiary/aromatic N) is 1. The van der Waals surface area contributed by atoms with E-state index in [1.807, 2.05) is 0 Å². The summed E-state index contributed by atoms with van der Waals surface area (Å²) in [6, 6.07) is 5.20. The van der Waals surface area contributed by atoms with Crippen molar-refractivity contribution in [2.24, 2.45) is 0 Å². The van der Waals surface area contributed by atoms with Crippen molar-refractivity contribution in [3.63, 3.8) is 0 Å². The minimum atomic E-state index is -2.47. The maximum atomic E-state index is 11.7. The van der Waals surface area contributed by atoms with Crippen LogP contribution in [0.15, 0.2) is 18.3 Å². The first kappa shape index (κ1) is 13.6. The van der Waals surface area contributed by atoms with Gasteiger partial charge < -0.3 is 12.4 Å². The molecule has 0 aliphatic heterocycles. The van der Waals surface area contributed by atoms with Gasteiger partial charge in [-0.2, -0.15) is 6.07 Å². The predicted molar refractivity (Wildman–Crippen MR) is 33.8 cm³/mol. The molecule has 1 heterocycles. The summed E-state index contributed by atoms with van der Waals surface area (Å²) in [7, 11) is 0. The Morgan fingerprint density at radius 2 is 2.09 bits per heavy atom. The summed E-state index contributed by atoms with van der Waals surface area (Å²) in [5.41, 5.74) is -0.200. The fraction of sp³-hybridized carbons (Fsp3) is 0.167. The molecule has 1 aromatic heterocycles. The van der Waals surface area contributed by atoms with Gasteiger partial charge in [-0.3, -0.25) is 4.98 Å². The van der Waals surface area contributed by atoms with E-state index in [1.165, 1.54) is 18.3 Å². The molecule has 56 valence electrons. The van der Waals surface area contributed by atoms with Crippen LogP contribution in [-0.2, 0) is 0 Å². The van der Waals surface area contributed by atoms with Gasteiger partial charge in [0, 0.05) is 5.69 Å². The molecule has 0 spiro atoms. The van der Waals surface area contributed by atoms with E-state index >= 15 is 0 Å². The van der Waals surface area contributed by atoms with Crippen molar-refractivity contribution < 1.29 is 21.2 Å². The summed E-state index contributed by atoms with van der Waals surface area (Å²) in [5, 5.41) is 0. The van der Waals surface area contributed by atoms with Gasteiger partial charge in [-0.1, -0.05) is 6.20 Å². The molecular weight excluding hydrogens is 184 g/mol. The summed E-state index contributed by atoms with van der Waals surface area (Å²) in [5.74, 6) is 0. The maximum absolute atomic E-state index is 11.7. The minimum absolute atomic E-state index is 0. The van der Waals surface area contributed by atoms with Gasteiger partial charge >= 0.3 is 23.1 Å². The molecule has 0 fully saturated rings. The van der Waals surface area contributed by atoms with Crippen molar-refractivity contribution in [2.75, 3.05) is 0 Å². The number of alkyl halides is 2. The van der Waals surface area contributed by atoms with Crippen molar-refractivity contribution in [2.45, 2.75) is 6.43 Å². The van der Waals surface area contributed by atoms with Crippen LogP contribution in [0.5, 0.6) is 0 Å². The molecule has 11 heavy (non-hydrogen) atoms. The van der Waals surface area contributed by atoms with Crippen molar-refractivity contribution in [1.82, 2.24) is 4.98 Å². The van der Waals surface area contributed by atoms with Gasteiger partial charge in [0.15, 0.2) is 0 Å². The van der Waals surface area contributed by atoms with Crippen LogP contribution in [0, 0.1) is 6.07 Å². The number of aromatic nitrogens is 1. The first-order valence-corrected chi connectivity index (χ1v) is 2.41. The van der Waals surface area contributed by atoms with E-state index in [0.717, 1.165) is 0 Å². The standard InChI is InChI=1S/C6H4F2N.ClH.Mg/c7-6(8)5-3-1-2-4-9-5;;/h1,3-4,6H;1H;/q-1;;+2/p-1. The third-order valence-corrected chi connectivity index (χ3v) is 0.862. The van der Waals surface area contributed by atoms with Crippen molar-refractivity contribution in [3.8, 4) is 0 Å². The number of hydrogen-bond acceptors (Lipinski definition) is 1. The molecule has 0 radical (unpaired) electrons. The van der Waals surface area contributed by atoms with Crippen LogP contribution in [0.3, 0.4) is 0 Å². The van der Waals surface area contributed by atoms with E-state index in [0.29, 0.717) is 0 Å². The van der Waals surface area contributed by atoms with Gasteiger partial charge in [0.25, 0.3) is 6.43 Å². The van der Waals surface area contributed by atoms with Crippen LogP contribution in [-0.4, -0.2) is 28.0 Å². The van der Waals surface area contributed by atoms with Gasteiger partial charge in [-0.05, 0) is 0 Å². The maximum Gasteiger partial charge on any atom is 2.00 e. The van der Waals surface area contributed by atoms with Crippen LogP contribution in [0.4, 0.5) is 8.78 Å². The molecule has 1 rings (SSSR count). The van der Waals surface area contributed by atoms with E-state index in [2.05, 4.69) is 11.1 Å². The van der Waals surface area contributed by atoms with Gasteiger partial charge in [-0.15, -0.1) is 0 Å². The Labute approximate surface area is 85.8 Å². The predicted octanol–water partition coefficient (Wildman–Crippen LogP) is -1.56. The average molecular weight is 188 g/mol. The molecule has 0 saturated carbocycles. The molecular formula is C6H4ClF2MgN. The Morgan fingerprint density at radius 1 is 1.45 bits per heavy atom. The first-order chi connectivity index (χ1) is 4.30. The van der Waals surface area contributed by atoms with E-state index in [9.17, 15) is 8.78 Å². The molecule has 1 aromatic rings. The number of pyridine rings is 1. The molecule has 0 aliphatic carbocycles. The summed E-state index contributed by atoms with van der Waals surface area (Å²) in [6.07, 6.45) is -1.25. The van der Waals surface area contributed by atoms with E-state index in [1.54, 1.807) is 0 Å². The summed E-state index contributed by atoms with van der Waals surface area (Å²) in [4.78, 5) is 3.37. The molecule has 0 aromatic carbocycles. The molecule has 0 atom stereocenters. The fourth-order valence-corrected chi connectivity index (χ4v) is 0.460. The molecule has 0 saturated heterocycles. The zero-order valence-electron chi connectivity index (χ0n) is 5.60. The number of rotatable bonds is 1. The third kappa shape index (κ3) is 4.50. The quantitative estimate of drug-likeness (QED) is 0.383. The van der Waals surface area contributed by atoms with Crippen LogP contribution in [0.25, 0.3) is 0 Å². The van der Waals surface area contributed by atoms with Crippen LogP contribution in [0.2, 0.25) is 0 Å². The van der Waals surface area contributed by atoms with Gasteiger partial charge in [0.1, 0.15) is 0 Å². The minimum Gasteiger partial charge on any atom is -1.00 e. The molecule has 0 bridgehead atoms. The Morgan fingerprint density at radius 3 is 2.36 bits per heavy atom. The molecule has 0 aliphatic rings. The van der Waals surface area contributed by atoms with Crippen molar-refractivity contribution in [1.29, 1.82) is 0 Å². The van der Waals surface area contributed by atoms with Crippen molar-refractivity contribution >= 4 is 23.1 Å². The number of hydrogen-bond donors (Lipinski definition) is 0. The Balaban J connectivity index is 0. The summed E-state index contributed by atoms with van der Waals surface area (Å²) < 4.78 is 23.4. The first-order valence-electron chi connectivity index (χ1n) is 2.41. The second-order valence-electron chi connectivity index (χ2n) is 1.48. The second-order valence-corrected chi connectivity index (χ2v) is 1.48. The normalized spacial score (nSPS) is 8.27. The topological polar surface area (TPSA) is 12.9 Å². The smallest absolute Gasteiger partial charge is 1.00 e. The summed E-state index contributed by atoms with van der Waals surface area (Å²) in [6.45, 7) is 0. The van der Waals surface area contributed by atoms with Crippen LogP contribution >= 0.6 is 0 Å². The van der Waals surface area contributed by atoms with Crippen LogP contribution < -0.4 is 12.4 Å². The van der Waals surface area contributed by atoms with E-state index < -0.39 is 6.43 Å². The molecule has 0 N–H and O–H groups in total. The van der Waals surface area contributed by atoms with Gasteiger partial charge in [-0.25, -0.2) is 20.9 Å². The Kier molecular flexibility index (Phi) is 8.38. The second kappa shape index (κ2) is 6.76. The molecule has 5 heteroatoms. The Hall–Kier alpha value is 0.0662. The Bertz CT molecular complexity index is 183. The number of halogens is 3. The van der Waals surface area contributed by atoms with E-state index in [4.69, 9.17) is 0 Å². The van der Waals surface area contributed by atoms with Crippen molar-refractivity contribution in [3.05, 3.63) is 30.1 Å². The SMILES string of the molecule is FC(F)c1cc[c-]cn1.[Cl-].[Mg+2]. The fourth-order valence-electron chi connectivity index (χ4n) is 0.460. The van der Waals surface area contributed by atoms with Crippen LogP contribution in [0.1, 0.15) is 12.1 Å². The zero-order chi connectivity index (χ0) is 6.69. The van der Waals surface area contributed by atoms with Gasteiger partial charge in [0.2, 0.25) is 0 Å². The zero-order valence-corrected chi connectivity index (χ0v) is 7.77. The molecule has 1 nitrogen and oxygen atoms in total. The largest absolute Gasteiger partial charge is 2.00 e. The molecule has 0 amide bonds. The molecule has 0 unspecified atom stereocenters. The van der Waals surface area contributed by atoms with Gasteiger partial charge in [0.05, 0.1) is 0 Å². The monoisotopic (exact) mass is 187 g/mol. The third-order valence-electron chi connectivity index (χ3n) is 0.862.